The lowest BCUT2D eigenvalue weighted by molar-refractivity contribution is 1.31. The van der Waals surface area contributed by atoms with E-state index in [4.69, 9.17) is 9.97 Å². The highest BCUT2D eigenvalue weighted by molar-refractivity contribution is 7.25. The maximum Gasteiger partial charge on any atom is 0.0979 e. The highest BCUT2D eigenvalue weighted by Gasteiger charge is 2.13. The molecule has 0 fully saturated rings. The Morgan fingerprint density at radius 3 is 1.92 bits per heavy atom. The molecule has 2 nitrogen and oxygen atoms in total. The monoisotopic (exact) mass is 502 g/mol. The van der Waals surface area contributed by atoms with Gasteiger partial charge in [0.05, 0.1) is 22.9 Å². The van der Waals surface area contributed by atoms with Crippen LogP contribution in [0.3, 0.4) is 0 Å². The van der Waals surface area contributed by atoms with E-state index in [2.05, 4.69) is 116 Å². The number of aromatic nitrogens is 2. The third-order valence-electron chi connectivity index (χ3n) is 7.54. The number of rotatable bonds is 2. The molecule has 38 heavy (non-hydrogen) atoms. The fourth-order valence-electron chi connectivity index (χ4n) is 5.69. The molecular weight excluding hydrogens is 480 g/mol. The van der Waals surface area contributed by atoms with E-state index < -0.39 is 0 Å². The van der Waals surface area contributed by atoms with Gasteiger partial charge in [0.1, 0.15) is 0 Å². The summed E-state index contributed by atoms with van der Waals surface area (Å²) < 4.78 is 2.66. The van der Waals surface area contributed by atoms with Gasteiger partial charge in [-0.3, -0.25) is 4.98 Å². The molecule has 2 aromatic heterocycles. The molecular formula is C35H22N2S. The predicted molar refractivity (Wildman–Crippen MR) is 163 cm³/mol. The zero-order valence-corrected chi connectivity index (χ0v) is 21.6. The number of hydrogen-bond donors (Lipinski definition) is 0. The van der Waals surface area contributed by atoms with E-state index in [9.17, 15) is 0 Å². The van der Waals surface area contributed by atoms with Gasteiger partial charge in [-0.05, 0) is 59.2 Å². The standard InChI is InChI=1S/C35H22N2S/c1-21-13-15-32-29(17-21)30-19-23(14-16-33(30)38-32)22-7-6-8-24(18-22)31-20-36-34-27-11-4-2-9-25(27)26-10-3-5-12-28(26)35(34)37-31/h2-20H,1H3. The first-order valence-corrected chi connectivity index (χ1v) is 13.6. The molecule has 8 aromatic rings. The van der Waals surface area contributed by atoms with Crippen LogP contribution in [0.5, 0.6) is 0 Å². The van der Waals surface area contributed by atoms with Gasteiger partial charge in [-0.1, -0.05) is 84.4 Å². The van der Waals surface area contributed by atoms with E-state index in [0.717, 1.165) is 33.1 Å². The van der Waals surface area contributed by atoms with Crippen LogP contribution in [0.15, 0.2) is 115 Å². The summed E-state index contributed by atoms with van der Waals surface area (Å²) in [6.07, 6.45) is 1.92. The molecule has 2 heterocycles. The van der Waals surface area contributed by atoms with Crippen molar-refractivity contribution >= 4 is 64.1 Å². The molecule has 0 atom stereocenters. The van der Waals surface area contributed by atoms with Crippen molar-refractivity contribution in [3.63, 3.8) is 0 Å². The van der Waals surface area contributed by atoms with Crippen LogP contribution in [0.4, 0.5) is 0 Å². The first-order chi connectivity index (χ1) is 18.7. The summed E-state index contributed by atoms with van der Waals surface area (Å²) in [7, 11) is 0. The van der Waals surface area contributed by atoms with Gasteiger partial charge < -0.3 is 0 Å². The number of benzene rings is 6. The molecule has 0 aliphatic heterocycles. The molecule has 0 bridgehead atoms. The Balaban J connectivity index is 1.30. The Morgan fingerprint density at radius 1 is 0.500 bits per heavy atom. The van der Waals surface area contributed by atoms with Crippen molar-refractivity contribution < 1.29 is 0 Å². The minimum absolute atomic E-state index is 0.887. The predicted octanol–water partition coefficient (Wildman–Crippen LogP) is 9.95. The van der Waals surface area contributed by atoms with Crippen molar-refractivity contribution in [2.24, 2.45) is 0 Å². The van der Waals surface area contributed by atoms with Gasteiger partial charge in [-0.2, -0.15) is 0 Å². The minimum Gasteiger partial charge on any atom is -0.252 e. The lowest BCUT2D eigenvalue weighted by atomic mass is 9.98. The van der Waals surface area contributed by atoms with Gasteiger partial charge in [0, 0.05) is 36.5 Å². The average molecular weight is 503 g/mol. The van der Waals surface area contributed by atoms with E-state index >= 15 is 0 Å². The molecule has 0 amide bonds. The topological polar surface area (TPSA) is 25.8 Å². The number of fused-ring (bicyclic) bond motifs is 9. The maximum absolute atomic E-state index is 5.19. The zero-order valence-electron chi connectivity index (χ0n) is 20.8. The normalized spacial score (nSPS) is 11.8. The smallest absolute Gasteiger partial charge is 0.0979 e. The van der Waals surface area contributed by atoms with Gasteiger partial charge in [0.25, 0.3) is 0 Å². The summed E-state index contributed by atoms with van der Waals surface area (Å²) in [4.78, 5) is 10.1. The number of aryl methyl sites for hydroxylation is 1. The van der Waals surface area contributed by atoms with E-state index in [0.29, 0.717) is 0 Å². The van der Waals surface area contributed by atoms with E-state index in [1.54, 1.807) is 0 Å². The first kappa shape index (κ1) is 21.5. The summed E-state index contributed by atoms with van der Waals surface area (Å²) in [6.45, 7) is 2.16. The fourth-order valence-corrected chi connectivity index (χ4v) is 6.76. The van der Waals surface area contributed by atoms with Crippen LogP contribution in [-0.2, 0) is 0 Å². The molecule has 0 spiro atoms. The highest BCUT2D eigenvalue weighted by atomic mass is 32.1. The van der Waals surface area contributed by atoms with E-state index in [1.807, 2.05) is 17.5 Å². The lowest BCUT2D eigenvalue weighted by Gasteiger charge is -2.11. The van der Waals surface area contributed by atoms with Crippen LogP contribution in [0, 0.1) is 6.92 Å². The third kappa shape index (κ3) is 3.26. The molecule has 0 aliphatic carbocycles. The molecule has 0 saturated carbocycles. The summed E-state index contributed by atoms with van der Waals surface area (Å²) >= 11 is 1.86. The summed E-state index contributed by atoms with van der Waals surface area (Å²) in [5, 5.41) is 7.36. The number of thiophene rings is 1. The minimum atomic E-state index is 0.887. The van der Waals surface area contributed by atoms with Crippen LogP contribution in [0.1, 0.15) is 5.56 Å². The lowest BCUT2D eigenvalue weighted by Crippen LogP contribution is -1.92. The van der Waals surface area contributed by atoms with Crippen LogP contribution in [0.25, 0.3) is 75.1 Å². The molecule has 8 rings (SSSR count). The van der Waals surface area contributed by atoms with Crippen molar-refractivity contribution in [1.82, 2.24) is 9.97 Å². The molecule has 3 heteroatoms. The van der Waals surface area contributed by atoms with Crippen molar-refractivity contribution in [1.29, 1.82) is 0 Å². The van der Waals surface area contributed by atoms with Crippen LogP contribution >= 0.6 is 11.3 Å². The van der Waals surface area contributed by atoms with Crippen molar-refractivity contribution in [3.05, 3.63) is 121 Å². The summed E-state index contributed by atoms with van der Waals surface area (Å²) in [5.74, 6) is 0. The SMILES string of the molecule is Cc1ccc2sc3ccc(-c4cccc(-c5cnc6c7ccccc7c7ccccc7c6n5)c4)cc3c2c1. The molecule has 0 saturated heterocycles. The average Bonchev–Trinajstić information content (AvgIpc) is 3.34. The Kier molecular flexibility index (Phi) is 4.64. The first-order valence-electron chi connectivity index (χ1n) is 12.8. The quantitative estimate of drug-likeness (QED) is 0.220. The Labute approximate surface area is 223 Å². The summed E-state index contributed by atoms with van der Waals surface area (Å²) in [5.41, 5.74) is 7.54. The molecule has 0 aliphatic rings. The molecule has 0 unspecified atom stereocenters. The largest absolute Gasteiger partial charge is 0.252 e. The number of nitrogens with zero attached hydrogens (tertiary/aromatic N) is 2. The molecule has 0 radical (unpaired) electrons. The Bertz CT molecular complexity index is 2170. The molecule has 6 aromatic carbocycles. The van der Waals surface area contributed by atoms with Crippen molar-refractivity contribution in [2.45, 2.75) is 6.92 Å². The van der Waals surface area contributed by atoms with Crippen molar-refractivity contribution in [2.75, 3.05) is 0 Å². The second-order valence-electron chi connectivity index (χ2n) is 9.94. The third-order valence-corrected chi connectivity index (χ3v) is 8.70. The zero-order chi connectivity index (χ0) is 25.2. The van der Waals surface area contributed by atoms with Crippen molar-refractivity contribution in [3.8, 4) is 22.4 Å². The Hall–Kier alpha value is -4.60. The Morgan fingerprint density at radius 2 is 1.13 bits per heavy atom. The van der Waals surface area contributed by atoms with E-state index in [-0.39, 0.29) is 0 Å². The molecule has 0 N–H and O–H groups in total. The highest BCUT2D eigenvalue weighted by Crippen LogP contribution is 2.38. The second-order valence-corrected chi connectivity index (χ2v) is 11.0. The number of hydrogen-bond acceptors (Lipinski definition) is 3. The van der Waals surface area contributed by atoms with Gasteiger partial charge in [-0.15, -0.1) is 11.3 Å². The van der Waals surface area contributed by atoms with Gasteiger partial charge in [-0.25, -0.2) is 4.98 Å². The summed E-state index contributed by atoms with van der Waals surface area (Å²) in [6, 6.07) is 39.2. The maximum atomic E-state index is 5.19. The van der Waals surface area contributed by atoms with Crippen LogP contribution in [0.2, 0.25) is 0 Å². The van der Waals surface area contributed by atoms with E-state index in [1.165, 1.54) is 47.6 Å². The fraction of sp³-hybridized carbons (Fsp3) is 0.0286. The second kappa shape index (κ2) is 8.20. The van der Waals surface area contributed by atoms with Gasteiger partial charge in [0.15, 0.2) is 0 Å². The van der Waals surface area contributed by atoms with Gasteiger partial charge >= 0.3 is 0 Å². The van der Waals surface area contributed by atoms with Crippen LogP contribution < -0.4 is 0 Å². The molecule has 178 valence electrons. The van der Waals surface area contributed by atoms with Gasteiger partial charge in [0.2, 0.25) is 0 Å². The van der Waals surface area contributed by atoms with Crippen LogP contribution in [-0.4, -0.2) is 9.97 Å².